The Labute approximate surface area is 139 Å². The molecule has 1 aliphatic rings. The Balaban J connectivity index is 1.47. The Bertz CT molecular complexity index is 860. The minimum Gasteiger partial charge on any atom is -0.469 e. The van der Waals surface area contributed by atoms with Gasteiger partial charge in [-0.05, 0) is 50.6 Å². The Hall–Kier alpha value is -2.82. The average molecular weight is 322 g/mol. The summed E-state index contributed by atoms with van der Waals surface area (Å²) in [5.74, 6) is 2.45. The van der Waals surface area contributed by atoms with Crippen LogP contribution in [0.4, 0.5) is 5.69 Å². The maximum absolute atomic E-state index is 12.4. The van der Waals surface area contributed by atoms with Gasteiger partial charge in [0.05, 0.1) is 12.0 Å². The van der Waals surface area contributed by atoms with Crippen molar-refractivity contribution >= 4 is 11.6 Å². The second kappa shape index (κ2) is 5.67. The predicted molar refractivity (Wildman–Crippen MR) is 89.6 cm³/mol. The third-order valence-corrected chi connectivity index (χ3v) is 4.44. The molecule has 0 bridgehead atoms. The van der Waals surface area contributed by atoms with Crippen molar-refractivity contribution in [3.63, 3.8) is 0 Å². The highest BCUT2D eigenvalue weighted by Crippen LogP contribution is 2.48. The number of hydrogen-bond donors (Lipinski definition) is 1. The predicted octanol–water partition coefficient (Wildman–Crippen LogP) is 4.29. The Morgan fingerprint density at radius 2 is 2.12 bits per heavy atom. The van der Waals surface area contributed by atoms with Gasteiger partial charge in [-0.3, -0.25) is 4.79 Å². The summed E-state index contributed by atoms with van der Waals surface area (Å²) in [5.41, 5.74) is 2.47. The van der Waals surface area contributed by atoms with Crippen LogP contribution in [0.1, 0.15) is 29.6 Å². The summed E-state index contributed by atoms with van der Waals surface area (Å²) < 4.78 is 11.0. The lowest BCUT2D eigenvalue weighted by Crippen LogP contribution is -2.14. The van der Waals surface area contributed by atoms with E-state index in [4.69, 9.17) is 8.83 Å². The molecule has 1 fully saturated rings. The molecule has 2 aromatic heterocycles. The first-order chi connectivity index (χ1) is 11.6. The fourth-order valence-electron chi connectivity index (χ4n) is 2.86. The largest absolute Gasteiger partial charge is 0.469 e. The number of hydrogen-bond acceptors (Lipinski definition) is 4. The van der Waals surface area contributed by atoms with E-state index in [1.54, 1.807) is 6.26 Å². The van der Waals surface area contributed by atoms with Crippen LogP contribution in [0.2, 0.25) is 0 Å². The lowest BCUT2D eigenvalue weighted by Gasteiger charge is -2.06. The quantitative estimate of drug-likeness (QED) is 0.778. The summed E-state index contributed by atoms with van der Waals surface area (Å²) in [5, 5.41) is 2.98. The van der Waals surface area contributed by atoms with Crippen molar-refractivity contribution in [1.29, 1.82) is 0 Å². The molecule has 0 spiro atoms. The number of aryl methyl sites for hydroxylation is 2. The molecule has 1 saturated carbocycles. The molecule has 24 heavy (non-hydrogen) atoms. The molecule has 1 N–H and O–H groups in total. The van der Waals surface area contributed by atoms with Gasteiger partial charge in [0.15, 0.2) is 0 Å². The molecule has 3 aromatic rings. The monoisotopic (exact) mass is 322 g/mol. The zero-order chi connectivity index (χ0) is 16.7. The lowest BCUT2D eigenvalue weighted by atomic mass is 10.2. The fourth-order valence-corrected chi connectivity index (χ4v) is 2.86. The summed E-state index contributed by atoms with van der Waals surface area (Å²) in [6, 6.07) is 11.3. The van der Waals surface area contributed by atoms with E-state index in [1.165, 1.54) is 0 Å². The number of anilines is 1. The molecule has 5 nitrogen and oxygen atoms in total. The first-order valence-electron chi connectivity index (χ1n) is 8.00. The van der Waals surface area contributed by atoms with E-state index >= 15 is 0 Å². The molecule has 0 aliphatic heterocycles. The molecule has 2 heterocycles. The first-order valence-corrected chi connectivity index (χ1v) is 8.00. The zero-order valence-electron chi connectivity index (χ0n) is 13.6. The van der Waals surface area contributed by atoms with Gasteiger partial charge in [-0.2, -0.15) is 0 Å². The molecule has 0 saturated heterocycles. The molecule has 4 rings (SSSR count). The molecule has 2 atom stereocenters. The molecule has 0 radical (unpaired) electrons. The number of nitrogens with one attached hydrogen (secondary N) is 1. The summed E-state index contributed by atoms with van der Waals surface area (Å²) in [7, 11) is 0. The van der Waals surface area contributed by atoms with Crippen molar-refractivity contribution in [3.05, 3.63) is 59.9 Å². The van der Waals surface area contributed by atoms with Gasteiger partial charge in [0.2, 0.25) is 11.8 Å². The van der Waals surface area contributed by atoms with Crippen LogP contribution in [-0.2, 0) is 4.79 Å². The number of aromatic nitrogens is 1. The van der Waals surface area contributed by atoms with Crippen molar-refractivity contribution in [3.8, 4) is 11.5 Å². The van der Waals surface area contributed by atoms with Crippen LogP contribution in [0.15, 0.2) is 51.5 Å². The SMILES string of the molecule is Cc1nc(-c2cccc(NC(=O)C3CC3c3ccco3)c2)oc1C. The topological polar surface area (TPSA) is 68.3 Å². The molecular weight excluding hydrogens is 304 g/mol. The number of nitrogens with zero attached hydrogens (tertiary/aromatic N) is 1. The van der Waals surface area contributed by atoms with Gasteiger partial charge < -0.3 is 14.2 Å². The highest BCUT2D eigenvalue weighted by atomic mass is 16.4. The van der Waals surface area contributed by atoms with Crippen molar-refractivity contribution in [2.24, 2.45) is 5.92 Å². The first kappa shape index (κ1) is 14.8. The maximum Gasteiger partial charge on any atom is 0.228 e. The fraction of sp³-hybridized carbons (Fsp3) is 0.263. The van der Waals surface area contributed by atoms with E-state index in [2.05, 4.69) is 10.3 Å². The maximum atomic E-state index is 12.4. The number of furan rings is 1. The van der Waals surface area contributed by atoms with Crippen LogP contribution < -0.4 is 5.32 Å². The van der Waals surface area contributed by atoms with E-state index in [0.29, 0.717) is 5.89 Å². The molecule has 5 heteroatoms. The number of carbonyl (C=O) groups is 1. The van der Waals surface area contributed by atoms with Crippen LogP contribution in [0.3, 0.4) is 0 Å². The van der Waals surface area contributed by atoms with Crippen LogP contribution >= 0.6 is 0 Å². The summed E-state index contributed by atoms with van der Waals surface area (Å²) in [6.07, 6.45) is 2.48. The van der Waals surface area contributed by atoms with Gasteiger partial charge in [-0.1, -0.05) is 6.07 Å². The van der Waals surface area contributed by atoms with E-state index < -0.39 is 0 Å². The van der Waals surface area contributed by atoms with E-state index in [1.807, 2.05) is 50.2 Å². The van der Waals surface area contributed by atoms with Gasteiger partial charge >= 0.3 is 0 Å². The third kappa shape index (κ3) is 2.73. The number of amides is 1. The number of oxazole rings is 1. The van der Waals surface area contributed by atoms with E-state index in [9.17, 15) is 4.79 Å². The van der Waals surface area contributed by atoms with Gasteiger partial charge in [-0.25, -0.2) is 4.98 Å². The van der Waals surface area contributed by atoms with Gasteiger partial charge in [0.25, 0.3) is 0 Å². The molecular formula is C19H18N2O3. The van der Waals surface area contributed by atoms with Crippen molar-refractivity contribution < 1.29 is 13.6 Å². The van der Waals surface area contributed by atoms with Crippen LogP contribution in [-0.4, -0.2) is 10.9 Å². The number of carbonyl (C=O) groups excluding carboxylic acids is 1. The highest BCUT2D eigenvalue weighted by Gasteiger charge is 2.45. The van der Waals surface area contributed by atoms with E-state index in [-0.39, 0.29) is 17.7 Å². The Morgan fingerprint density at radius 1 is 1.25 bits per heavy atom. The normalized spacial score (nSPS) is 19.2. The van der Waals surface area contributed by atoms with Crippen molar-refractivity contribution in [2.45, 2.75) is 26.2 Å². The highest BCUT2D eigenvalue weighted by molar-refractivity contribution is 5.95. The van der Waals surface area contributed by atoms with Gasteiger partial charge in [0.1, 0.15) is 11.5 Å². The summed E-state index contributed by atoms with van der Waals surface area (Å²) >= 11 is 0. The Kier molecular flexibility index (Phi) is 3.49. The smallest absolute Gasteiger partial charge is 0.228 e. The molecule has 1 amide bonds. The minimum absolute atomic E-state index is 0.0216. The number of benzene rings is 1. The van der Waals surface area contributed by atoms with Crippen LogP contribution in [0.25, 0.3) is 11.5 Å². The number of rotatable bonds is 4. The van der Waals surface area contributed by atoms with E-state index in [0.717, 1.165) is 34.9 Å². The molecule has 122 valence electrons. The van der Waals surface area contributed by atoms with Crippen LogP contribution in [0, 0.1) is 19.8 Å². The minimum atomic E-state index is -0.0222. The molecule has 2 unspecified atom stereocenters. The summed E-state index contributed by atoms with van der Waals surface area (Å²) in [4.78, 5) is 16.8. The standard InChI is InChI=1S/C19H18N2O3/c1-11-12(2)24-19(20-11)13-5-3-6-14(9-13)21-18(22)16-10-15(16)17-7-4-8-23-17/h3-9,15-16H,10H2,1-2H3,(H,21,22). The third-order valence-electron chi connectivity index (χ3n) is 4.44. The van der Waals surface area contributed by atoms with Gasteiger partial charge in [0, 0.05) is 23.1 Å². The van der Waals surface area contributed by atoms with Crippen molar-refractivity contribution in [2.75, 3.05) is 5.32 Å². The van der Waals surface area contributed by atoms with Crippen molar-refractivity contribution in [1.82, 2.24) is 4.98 Å². The molecule has 1 aliphatic carbocycles. The Morgan fingerprint density at radius 3 is 2.83 bits per heavy atom. The zero-order valence-corrected chi connectivity index (χ0v) is 13.6. The van der Waals surface area contributed by atoms with Gasteiger partial charge in [-0.15, -0.1) is 0 Å². The lowest BCUT2D eigenvalue weighted by molar-refractivity contribution is -0.117. The second-order valence-corrected chi connectivity index (χ2v) is 6.19. The molecule has 1 aromatic carbocycles. The average Bonchev–Trinajstić information content (AvgIpc) is 3.04. The van der Waals surface area contributed by atoms with Crippen LogP contribution in [0.5, 0.6) is 0 Å². The second-order valence-electron chi connectivity index (χ2n) is 6.19. The summed E-state index contributed by atoms with van der Waals surface area (Å²) in [6.45, 7) is 3.80.